The molecule has 36 heavy (non-hydrogen) atoms. The van der Waals surface area contributed by atoms with Crippen molar-refractivity contribution in [3.63, 3.8) is 0 Å². The van der Waals surface area contributed by atoms with Gasteiger partial charge in [0, 0.05) is 17.0 Å². The average Bonchev–Trinajstić information content (AvgIpc) is 3.51. The quantitative estimate of drug-likeness (QED) is 0.219. The van der Waals surface area contributed by atoms with Gasteiger partial charge in [0.1, 0.15) is 12.6 Å². The number of nitrogens with zero attached hydrogens (tertiary/aromatic N) is 3. The minimum atomic E-state index is -0.684. The first-order valence-electron chi connectivity index (χ1n) is 10.9. The van der Waals surface area contributed by atoms with E-state index in [1.807, 2.05) is 47.8 Å². The molecule has 4 aromatic rings. The van der Waals surface area contributed by atoms with Crippen LogP contribution >= 0.6 is 22.7 Å². The number of hydrogen-bond donors (Lipinski definition) is 0. The predicted octanol–water partition coefficient (Wildman–Crippen LogP) is 3.95. The van der Waals surface area contributed by atoms with Crippen molar-refractivity contribution < 1.29 is 14.5 Å². The van der Waals surface area contributed by atoms with E-state index >= 15 is 0 Å². The lowest BCUT2D eigenvalue weighted by molar-refractivity contribution is -0.384. The number of nitro benzene ring substituents is 1. The van der Waals surface area contributed by atoms with Crippen LogP contribution in [0.2, 0.25) is 0 Å². The number of allylic oxidation sites excluding steroid dienone is 1. The predicted molar refractivity (Wildman–Crippen MR) is 137 cm³/mol. The smallest absolute Gasteiger partial charge is 0.338 e. The first-order chi connectivity index (χ1) is 17.4. The highest BCUT2D eigenvalue weighted by Crippen LogP contribution is 2.33. The topological polar surface area (TPSA) is 104 Å². The Hall–Kier alpha value is -4.15. The molecule has 0 fully saturated rings. The van der Waals surface area contributed by atoms with Gasteiger partial charge < -0.3 is 4.74 Å². The minimum Gasteiger partial charge on any atom is -0.457 e. The molecule has 2 aromatic carbocycles. The molecule has 0 amide bonds. The van der Waals surface area contributed by atoms with E-state index in [2.05, 4.69) is 4.99 Å². The second-order valence-corrected chi connectivity index (χ2v) is 10.00. The maximum absolute atomic E-state index is 13.6. The molecule has 1 aliphatic rings. The van der Waals surface area contributed by atoms with E-state index in [1.165, 1.54) is 39.4 Å². The first-order valence-corrected chi connectivity index (χ1v) is 12.6. The van der Waals surface area contributed by atoms with Crippen molar-refractivity contribution in [1.29, 1.82) is 0 Å². The van der Waals surface area contributed by atoms with E-state index in [-0.39, 0.29) is 17.9 Å². The Morgan fingerprint density at radius 3 is 2.69 bits per heavy atom. The van der Waals surface area contributed by atoms with Gasteiger partial charge in [-0.1, -0.05) is 59.9 Å². The lowest BCUT2D eigenvalue weighted by atomic mass is 10.0. The summed E-state index contributed by atoms with van der Waals surface area (Å²) in [4.78, 5) is 43.4. The fourth-order valence-corrected chi connectivity index (χ4v) is 5.85. The molecule has 8 nitrogen and oxygen atoms in total. The Labute approximate surface area is 212 Å². The largest absolute Gasteiger partial charge is 0.457 e. The van der Waals surface area contributed by atoms with Crippen molar-refractivity contribution in [2.75, 3.05) is 0 Å². The van der Waals surface area contributed by atoms with Crippen LogP contribution in [0.15, 0.2) is 93.2 Å². The normalized spacial score (nSPS) is 15.4. The van der Waals surface area contributed by atoms with Crippen molar-refractivity contribution in [2.24, 2.45) is 4.99 Å². The number of fused-ring (bicyclic) bond motifs is 1. The summed E-state index contributed by atoms with van der Waals surface area (Å²) in [6, 6.07) is 18.5. The lowest BCUT2D eigenvalue weighted by Gasteiger charge is -2.23. The van der Waals surface area contributed by atoms with Gasteiger partial charge in [0.15, 0.2) is 4.80 Å². The van der Waals surface area contributed by atoms with E-state index in [0.717, 1.165) is 10.4 Å². The Bertz CT molecular complexity index is 1670. The molecular weight excluding hydrogens is 498 g/mol. The molecule has 0 aliphatic carbocycles. The van der Waals surface area contributed by atoms with Gasteiger partial charge in [0.25, 0.3) is 11.2 Å². The van der Waals surface area contributed by atoms with Crippen LogP contribution in [0, 0.1) is 10.1 Å². The maximum atomic E-state index is 13.6. The minimum absolute atomic E-state index is 0.0627. The fourth-order valence-electron chi connectivity index (χ4n) is 3.98. The van der Waals surface area contributed by atoms with E-state index in [9.17, 15) is 19.7 Å². The zero-order chi connectivity index (χ0) is 25.2. The molecule has 0 saturated heterocycles. The molecule has 1 aliphatic heterocycles. The lowest BCUT2D eigenvalue weighted by Crippen LogP contribution is -2.39. The van der Waals surface area contributed by atoms with E-state index < -0.39 is 16.9 Å². The molecule has 0 radical (unpaired) electrons. The third-order valence-electron chi connectivity index (χ3n) is 5.65. The van der Waals surface area contributed by atoms with Gasteiger partial charge in [-0.25, -0.2) is 9.79 Å². The number of carbonyl (C=O) groups is 1. The Morgan fingerprint density at radius 2 is 1.97 bits per heavy atom. The average molecular weight is 518 g/mol. The summed E-state index contributed by atoms with van der Waals surface area (Å²) in [5.41, 5.74) is 1.78. The van der Waals surface area contributed by atoms with E-state index in [0.29, 0.717) is 26.2 Å². The van der Waals surface area contributed by atoms with Gasteiger partial charge >= 0.3 is 5.97 Å². The molecule has 0 saturated carbocycles. The van der Waals surface area contributed by atoms with Crippen LogP contribution in [0.3, 0.4) is 0 Å². The molecule has 1 atom stereocenters. The number of thiophene rings is 1. The molecule has 1 unspecified atom stereocenters. The third kappa shape index (κ3) is 4.56. The number of carbonyl (C=O) groups excluding carboxylic acids is 1. The Kier molecular flexibility index (Phi) is 6.45. The molecular formula is C26H19N3O5S2. The molecule has 0 spiro atoms. The van der Waals surface area contributed by atoms with Crippen molar-refractivity contribution >= 4 is 40.4 Å². The van der Waals surface area contributed by atoms with Gasteiger partial charge in [-0.2, -0.15) is 0 Å². The summed E-state index contributed by atoms with van der Waals surface area (Å²) < 4.78 is 7.49. The van der Waals surface area contributed by atoms with Gasteiger partial charge in [0.2, 0.25) is 0 Å². The second-order valence-electron chi connectivity index (χ2n) is 8.01. The van der Waals surface area contributed by atoms with Crippen LogP contribution in [-0.4, -0.2) is 15.5 Å². The van der Waals surface area contributed by atoms with Gasteiger partial charge in [0.05, 0.1) is 20.7 Å². The molecule has 3 heterocycles. The number of thiazole rings is 1. The summed E-state index contributed by atoms with van der Waals surface area (Å²) in [5, 5.41) is 13.0. The van der Waals surface area contributed by atoms with Crippen LogP contribution in [0.25, 0.3) is 6.08 Å². The fraction of sp³-hybridized carbons (Fsp3) is 0.115. The Morgan fingerprint density at radius 1 is 1.17 bits per heavy atom. The number of ether oxygens (including phenoxy) is 1. The van der Waals surface area contributed by atoms with Crippen molar-refractivity contribution in [1.82, 2.24) is 4.57 Å². The Balaban J connectivity index is 1.58. The molecule has 0 N–H and O–H groups in total. The first kappa shape index (κ1) is 23.6. The van der Waals surface area contributed by atoms with Gasteiger partial charge in [-0.3, -0.25) is 19.5 Å². The van der Waals surface area contributed by atoms with Crippen molar-refractivity contribution in [3.8, 4) is 0 Å². The highest BCUT2D eigenvalue weighted by molar-refractivity contribution is 7.10. The third-order valence-corrected chi connectivity index (χ3v) is 7.55. The van der Waals surface area contributed by atoms with Crippen molar-refractivity contribution in [3.05, 3.63) is 129 Å². The van der Waals surface area contributed by atoms with Crippen LogP contribution in [0.5, 0.6) is 0 Å². The molecule has 2 aromatic heterocycles. The standard InChI is InChI=1S/C26H19N3O5S2/c1-16-22(25(31)34-15-17-7-3-2-4-8-17)23(20-11-6-12-35-20)28-24(30)21(36-26(28)27-16)14-18-9-5-10-19(13-18)29(32)33/h2-14,23H,15H2,1H3/b21-14+. The summed E-state index contributed by atoms with van der Waals surface area (Å²) in [6.07, 6.45) is 1.61. The van der Waals surface area contributed by atoms with E-state index in [4.69, 9.17) is 4.74 Å². The summed E-state index contributed by atoms with van der Waals surface area (Å²) >= 11 is 2.61. The highest BCUT2D eigenvalue weighted by Gasteiger charge is 2.34. The summed E-state index contributed by atoms with van der Waals surface area (Å²) in [5.74, 6) is -0.536. The molecule has 0 bridgehead atoms. The number of rotatable bonds is 6. The van der Waals surface area contributed by atoms with Gasteiger partial charge in [-0.05, 0) is 35.6 Å². The zero-order valence-electron chi connectivity index (χ0n) is 19.0. The summed E-state index contributed by atoms with van der Waals surface area (Å²) in [6.45, 7) is 1.84. The summed E-state index contributed by atoms with van der Waals surface area (Å²) in [7, 11) is 0. The zero-order valence-corrected chi connectivity index (χ0v) is 20.6. The van der Waals surface area contributed by atoms with Crippen molar-refractivity contribution in [2.45, 2.75) is 19.6 Å². The second kappa shape index (κ2) is 9.84. The molecule has 5 rings (SSSR count). The number of esters is 1. The highest BCUT2D eigenvalue weighted by atomic mass is 32.1. The van der Waals surface area contributed by atoms with E-state index in [1.54, 1.807) is 25.1 Å². The molecule has 180 valence electrons. The van der Waals surface area contributed by atoms with Crippen LogP contribution in [0.4, 0.5) is 5.69 Å². The van der Waals surface area contributed by atoms with Crippen LogP contribution in [-0.2, 0) is 16.1 Å². The number of hydrogen-bond acceptors (Lipinski definition) is 8. The number of non-ortho nitro benzene ring substituents is 1. The number of benzene rings is 2. The van der Waals surface area contributed by atoms with Gasteiger partial charge in [-0.15, -0.1) is 11.3 Å². The molecule has 10 heteroatoms. The monoisotopic (exact) mass is 517 g/mol. The van der Waals surface area contributed by atoms with Crippen LogP contribution < -0.4 is 14.9 Å². The number of aromatic nitrogens is 1. The number of nitro groups is 1. The maximum Gasteiger partial charge on any atom is 0.338 e. The SMILES string of the molecule is CC1=C(C(=O)OCc2ccccc2)C(c2cccs2)n2c(s/c(=C/c3cccc([N+](=O)[O-])c3)c2=O)=N1. The van der Waals surface area contributed by atoms with Crippen LogP contribution in [0.1, 0.15) is 29.0 Å².